The van der Waals surface area contributed by atoms with Crippen molar-refractivity contribution in [1.29, 1.82) is 0 Å². The van der Waals surface area contributed by atoms with Gasteiger partial charge in [0.2, 0.25) is 0 Å². The first-order chi connectivity index (χ1) is 8.39. The second kappa shape index (κ2) is 5.18. The lowest BCUT2D eigenvalue weighted by Crippen LogP contribution is -2.29. The van der Waals surface area contributed by atoms with Crippen molar-refractivity contribution in [2.45, 2.75) is 45.6 Å². The molecule has 1 saturated carbocycles. The summed E-state index contributed by atoms with van der Waals surface area (Å²) in [5.74, 6) is 0.151. The topological polar surface area (TPSA) is 26.0 Å². The molecule has 1 aromatic carbocycles. The maximum atomic E-state index is 13.3. The molecular formula is C15H21ClFN. The Kier molecular flexibility index (Phi) is 3.98. The summed E-state index contributed by atoms with van der Waals surface area (Å²) >= 11 is 6.12. The van der Waals surface area contributed by atoms with Crippen LogP contribution in [0.15, 0.2) is 18.2 Å². The number of nitrogens with two attached hydrogens (primary N) is 1. The average molecular weight is 270 g/mol. The molecule has 1 fully saturated rings. The first-order valence-corrected chi connectivity index (χ1v) is 6.97. The lowest BCUT2D eigenvalue weighted by atomic mass is 9.70. The molecule has 18 heavy (non-hydrogen) atoms. The summed E-state index contributed by atoms with van der Waals surface area (Å²) in [5.41, 5.74) is 7.45. The highest BCUT2D eigenvalue weighted by atomic mass is 35.5. The highest BCUT2D eigenvalue weighted by Crippen LogP contribution is 2.42. The van der Waals surface area contributed by atoms with Crippen molar-refractivity contribution in [2.75, 3.05) is 0 Å². The van der Waals surface area contributed by atoms with Crippen molar-refractivity contribution >= 4 is 11.6 Å². The molecule has 1 aromatic rings. The summed E-state index contributed by atoms with van der Waals surface area (Å²) in [7, 11) is 0. The molecule has 1 unspecified atom stereocenters. The minimum Gasteiger partial charge on any atom is -0.324 e. The predicted octanol–water partition coefficient (Wildman–Crippen LogP) is 4.70. The maximum Gasteiger partial charge on any atom is 0.123 e. The van der Waals surface area contributed by atoms with E-state index in [1.807, 2.05) is 0 Å². The van der Waals surface area contributed by atoms with E-state index in [0.717, 1.165) is 18.4 Å². The van der Waals surface area contributed by atoms with Gasteiger partial charge in [0.1, 0.15) is 5.82 Å². The Labute approximate surface area is 114 Å². The third kappa shape index (κ3) is 3.04. The largest absolute Gasteiger partial charge is 0.324 e. The third-order valence-electron chi connectivity index (χ3n) is 4.21. The summed E-state index contributed by atoms with van der Waals surface area (Å²) in [6.07, 6.45) is 4.55. The highest BCUT2D eigenvalue weighted by Gasteiger charge is 2.31. The molecule has 0 amide bonds. The van der Waals surface area contributed by atoms with Gasteiger partial charge in [-0.15, -0.1) is 0 Å². The van der Waals surface area contributed by atoms with Gasteiger partial charge in [-0.3, -0.25) is 0 Å². The van der Waals surface area contributed by atoms with Crippen LogP contribution in [0.2, 0.25) is 5.02 Å². The van der Waals surface area contributed by atoms with Crippen molar-refractivity contribution in [3.05, 3.63) is 34.6 Å². The van der Waals surface area contributed by atoms with Gasteiger partial charge in [0.25, 0.3) is 0 Å². The fraction of sp³-hybridized carbons (Fsp3) is 0.600. The molecule has 0 heterocycles. The van der Waals surface area contributed by atoms with Crippen LogP contribution in [0.4, 0.5) is 4.39 Å². The molecule has 2 rings (SSSR count). The zero-order valence-electron chi connectivity index (χ0n) is 11.0. The minimum atomic E-state index is -0.263. The third-order valence-corrected chi connectivity index (χ3v) is 4.55. The van der Waals surface area contributed by atoms with E-state index in [9.17, 15) is 4.39 Å². The number of rotatable bonds is 2. The molecule has 2 N–H and O–H groups in total. The van der Waals surface area contributed by atoms with Gasteiger partial charge in [-0.25, -0.2) is 4.39 Å². The molecule has 3 heteroatoms. The molecule has 0 saturated heterocycles. The zero-order valence-corrected chi connectivity index (χ0v) is 11.8. The Bertz CT molecular complexity index is 421. The molecular weight excluding hydrogens is 249 g/mol. The van der Waals surface area contributed by atoms with E-state index in [1.54, 1.807) is 6.07 Å². The van der Waals surface area contributed by atoms with E-state index in [4.69, 9.17) is 17.3 Å². The molecule has 0 aliphatic heterocycles. The van der Waals surface area contributed by atoms with Crippen LogP contribution in [0.3, 0.4) is 0 Å². The number of hydrogen-bond acceptors (Lipinski definition) is 1. The van der Waals surface area contributed by atoms with E-state index in [0.29, 0.717) is 16.4 Å². The second-order valence-electron chi connectivity index (χ2n) is 6.19. The zero-order chi connectivity index (χ0) is 13.3. The summed E-state index contributed by atoms with van der Waals surface area (Å²) < 4.78 is 13.3. The maximum absolute atomic E-state index is 13.3. The van der Waals surface area contributed by atoms with Gasteiger partial charge < -0.3 is 5.73 Å². The smallest absolute Gasteiger partial charge is 0.123 e. The van der Waals surface area contributed by atoms with Crippen molar-refractivity contribution in [1.82, 2.24) is 0 Å². The number of halogens is 2. The molecule has 0 bridgehead atoms. The molecule has 1 aliphatic carbocycles. The van der Waals surface area contributed by atoms with Gasteiger partial charge >= 0.3 is 0 Å². The van der Waals surface area contributed by atoms with Crippen molar-refractivity contribution in [3.8, 4) is 0 Å². The fourth-order valence-electron chi connectivity index (χ4n) is 2.80. The second-order valence-corrected chi connectivity index (χ2v) is 6.60. The number of benzene rings is 1. The SMILES string of the molecule is CC1(C)CCC(C(N)c2cc(F)ccc2Cl)CC1. The average Bonchev–Trinajstić information content (AvgIpc) is 2.31. The van der Waals surface area contributed by atoms with Crippen LogP contribution in [0.5, 0.6) is 0 Å². The lowest BCUT2D eigenvalue weighted by molar-refractivity contribution is 0.173. The molecule has 1 atom stereocenters. The summed E-state index contributed by atoms with van der Waals surface area (Å²) in [4.78, 5) is 0. The van der Waals surface area contributed by atoms with Gasteiger partial charge in [-0.1, -0.05) is 25.4 Å². The number of hydrogen-bond donors (Lipinski definition) is 1. The minimum absolute atomic E-state index is 0.149. The Morgan fingerprint density at radius 2 is 1.94 bits per heavy atom. The Morgan fingerprint density at radius 3 is 2.56 bits per heavy atom. The van der Waals surface area contributed by atoms with Crippen LogP contribution >= 0.6 is 11.6 Å². The van der Waals surface area contributed by atoms with Crippen LogP contribution < -0.4 is 5.73 Å². The van der Waals surface area contributed by atoms with E-state index in [-0.39, 0.29) is 11.9 Å². The monoisotopic (exact) mass is 269 g/mol. The fourth-order valence-corrected chi connectivity index (χ4v) is 3.05. The Morgan fingerprint density at radius 1 is 1.33 bits per heavy atom. The van der Waals surface area contributed by atoms with Gasteiger partial charge in [-0.2, -0.15) is 0 Å². The molecule has 0 aromatic heterocycles. The quantitative estimate of drug-likeness (QED) is 0.828. The van der Waals surface area contributed by atoms with Crippen LogP contribution in [-0.2, 0) is 0 Å². The standard InChI is InChI=1S/C15H21ClFN/c1-15(2)7-5-10(6-8-15)14(18)12-9-11(17)3-4-13(12)16/h3-4,9-10,14H,5-8,18H2,1-2H3. The summed E-state index contributed by atoms with van der Waals surface area (Å²) in [6, 6.07) is 4.30. The molecule has 1 nitrogen and oxygen atoms in total. The first-order valence-electron chi connectivity index (χ1n) is 6.59. The van der Waals surface area contributed by atoms with Crippen LogP contribution in [-0.4, -0.2) is 0 Å². The van der Waals surface area contributed by atoms with Gasteiger partial charge in [0.05, 0.1) is 0 Å². The summed E-state index contributed by atoms with van der Waals surface area (Å²) in [6.45, 7) is 4.59. The van der Waals surface area contributed by atoms with Gasteiger partial charge in [0, 0.05) is 11.1 Å². The van der Waals surface area contributed by atoms with Gasteiger partial charge in [-0.05, 0) is 60.8 Å². The van der Waals surface area contributed by atoms with E-state index >= 15 is 0 Å². The first kappa shape index (κ1) is 13.8. The summed E-state index contributed by atoms with van der Waals surface area (Å²) in [5, 5.41) is 0.578. The van der Waals surface area contributed by atoms with Crippen molar-refractivity contribution < 1.29 is 4.39 Å². The van der Waals surface area contributed by atoms with E-state index in [2.05, 4.69) is 13.8 Å². The van der Waals surface area contributed by atoms with Crippen LogP contribution in [0, 0.1) is 17.2 Å². The molecule has 100 valence electrons. The molecule has 0 spiro atoms. The van der Waals surface area contributed by atoms with Crippen molar-refractivity contribution in [3.63, 3.8) is 0 Å². The molecule has 0 radical (unpaired) electrons. The highest BCUT2D eigenvalue weighted by molar-refractivity contribution is 6.31. The normalized spacial score (nSPS) is 21.8. The van der Waals surface area contributed by atoms with E-state index < -0.39 is 0 Å². The van der Waals surface area contributed by atoms with E-state index in [1.165, 1.54) is 25.0 Å². The van der Waals surface area contributed by atoms with Crippen molar-refractivity contribution in [2.24, 2.45) is 17.1 Å². The Balaban J connectivity index is 2.12. The Hall–Kier alpha value is -0.600. The van der Waals surface area contributed by atoms with Crippen LogP contribution in [0.25, 0.3) is 0 Å². The van der Waals surface area contributed by atoms with Gasteiger partial charge in [0.15, 0.2) is 0 Å². The predicted molar refractivity (Wildman–Crippen MR) is 74.1 cm³/mol. The van der Waals surface area contributed by atoms with Crippen LogP contribution in [0.1, 0.15) is 51.1 Å². The lowest BCUT2D eigenvalue weighted by Gasteiger charge is -2.37. The molecule has 1 aliphatic rings.